The van der Waals surface area contributed by atoms with Crippen LogP contribution in [-0.4, -0.2) is 50.9 Å². The predicted molar refractivity (Wildman–Crippen MR) is 95.0 cm³/mol. The van der Waals surface area contributed by atoms with Crippen LogP contribution in [0.3, 0.4) is 0 Å². The molecule has 0 aromatic carbocycles. The van der Waals surface area contributed by atoms with Crippen molar-refractivity contribution in [3.05, 3.63) is 0 Å². The van der Waals surface area contributed by atoms with Crippen molar-refractivity contribution in [1.82, 2.24) is 0 Å². The van der Waals surface area contributed by atoms with Crippen molar-refractivity contribution in [2.45, 2.75) is 78.1 Å². The second kappa shape index (κ2) is 14.5. The van der Waals surface area contributed by atoms with Gasteiger partial charge in [0.15, 0.2) is 0 Å². The van der Waals surface area contributed by atoms with Crippen molar-refractivity contribution >= 4 is 10.1 Å². The molecule has 0 aliphatic rings. The molecule has 5 heteroatoms. The molecule has 136 valence electrons. The minimum Gasteiger partial charge on any atom is -0.748 e. The molecule has 22 heavy (non-hydrogen) atoms. The lowest BCUT2D eigenvalue weighted by atomic mass is 10.1. The third-order valence-electron chi connectivity index (χ3n) is 3.97. The Kier molecular flexibility index (Phi) is 15.9. The summed E-state index contributed by atoms with van der Waals surface area (Å²) in [5.41, 5.74) is 0. The molecule has 0 rings (SSSR count). The third kappa shape index (κ3) is 28.1. The molecule has 0 spiro atoms. The molecule has 0 aromatic heterocycles. The van der Waals surface area contributed by atoms with Crippen LogP contribution in [-0.2, 0) is 10.1 Å². The van der Waals surface area contributed by atoms with E-state index in [9.17, 15) is 0 Å². The lowest BCUT2D eigenvalue weighted by Crippen LogP contribution is -2.39. The van der Waals surface area contributed by atoms with Crippen LogP contribution in [0.25, 0.3) is 0 Å². The summed E-state index contributed by atoms with van der Waals surface area (Å²) >= 11 is 0. The van der Waals surface area contributed by atoms with Gasteiger partial charge < -0.3 is 9.04 Å². The molecule has 0 N–H and O–H groups in total. The maximum atomic E-state index is 9.08. The summed E-state index contributed by atoms with van der Waals surface area (Å²) in [5.74, 6) is 0. The quantitative estimate of drug-likeness (QED) is 0.305. The molecule has 0 atom stereocenters. The second-order valence-electron chi connectivity index (χ2n) is 6.86. The van der Waals surface area contributed by atoms with Crippen LogP contribution >= 0.6 is 0 Å². The normalized spacial score (nSPS) is 11.9. The van der Waals surface area contributed by atoms with Crippen molar-refractivity contribution < 1.29 is 17.5 Å². The molecule has 0 amide bonds. The molecular weight excluding hydrogens is 298 g/mol. The summed E-state index contributed by atoms with van der Waals surface area (Å²) < 4.78 is 28.4. The summed E-state index contributed by atoms with van der Waals surface area (Å²) in [7, 11) is 0.765. The number of quaternary nitrogens is 1. The standard InChI is InChI=1S/C16H36N.CH4O3S/c1-5-7-8-9-10-11-12-13-14-15-16-17(3,4)6-2;1-5(2,3)4/h5-16H2,1-4H3;1H3,(H,2,3,4)/q+1;/p-1. The highest BCUT2D eigenvalue weighted by molar-refractivity contribution is 7.84. The van der Waals surface area contributed by atoms with Crippen molar-refractivity contribution in [3.63, 3.8) is 0 Å². The number of hydrogen-bond acceptors (Lipinski definition) is 3. The molecule has 0 bridgehead atoms. The number of rotatable bonds is 12. The van der Waals surface area contributed by atoms with E-state index in [-0.39, 0.29) is 0 Å². The molecule has 0 aromatic rings. The van der Waals surface area contributed by atoms with Gasteiger partial charge in [0, 0.05) is 6.26 Å². The monoisotopic (exact) mass is 337 g/mol. The smallest absolute Gasteiger partial charge is 0.0916 e. The minimum absolute atomic E-state index is 0.604. The fourth-order valence-electron chi connectivity index (χ4n) is 2.19. The average Bonchev–Trinajstić information content (AvgIpc) is 2.39. The topological polar surface area (TPSA) is 57.2 Å². The Hall–Kier alpha value is -0.130. The van der Waals surface area contributed by atoms with E-state index in [1.807, 2.05) is 0 Å². The van der Waals surface area contributed by atoms with E-state index in [0.29, 0.717) is 6.26 Å². The Morgan fingerprint density at radius 2 is 1.09 bits per heavy atom. The first-order chi connectivity index (χ1) is 10.1. The maximum absolute atomic E-state index is 9.08. The van der Waals surface area contributed by atoms with E-state index < -0.39 is 10.1 Å². The van der Waals surface area contributed by atoms with Crippen LogP contribution < -0.4 is 0 Å². The van der Waals surface area contributed by atoms with Gasteiger partial charge in [-0.1, -0.05) is 58.3 Å². The van der Waals surface area contributed by atoms with Gasteiger partial charge in [-0.15, -0.1) is 0 Å². The first-order valence-electron chi connectivity index (χ1n) is 8.85. The van der Waals surface area contributed by atoms with Gasteiger partial charge in [-0.05, 0) is 19.8 Å². The fraction of sp³-hybridized carbons (Fsp3) is 1.00. The third-order valence-corrected chi connectivity index (χ3v) is 3.97. The van der Waals surface area contributed by atoms with Crippen LogP contribution in [0.4, 0.5) is 0 Å². The van der Waals surface area contributed by atoms with Crippen LogP contribution in [0.5, 0.6) is 0 Å². The highest BCUT2D eigenvalue weighted by Crippen LogP contribution is 2.11. The van der Waals surface area contributed by atoms with Crippen LogP contribution in [0.15, 0.2) is 0 Å². The Labute approximate surface area is 139 Å². The molecule has 4 nitrogen and oxygen atoms in total. The van der Waals surface area contributed by atoms with Crippen molar-refractivity contribution in [1.29, 1.82) is 0 Å². The van der Waals surface area contributed by atoms with Crippen molar-refractivity contribution in [3.8, 4) is 0 Å². The van der Waals surface area contributed by atoms with Gasteiger partial charge in [-0.2, -0.15) is 0 Å². The zero-order valence-electron chi connectivity index (χ0n) is 15.6. The predicted octanol–water partition coefficient (Wildman–Crippen LogP) is 4.17. The van der Waals surface area contributed by atoms with Crippen LogP contribution in [0, 0.1) is 0 Å². The van der Waals surface area contributed by atoms with Crippen molar-refractivity contribution in [2.75, 3.05) is 33.4 Å². The first kappa shape index (κ1) is 24.1. The van der Waals surface area contributed by atoms with Crippen LogP contribution in [0.1, 0.15) is 78.1 Å². The zero-order chi connectivity index (χ0) is 17.5. The van der Waals surface area contributed by atoms with Gasteiger partial charge in [0.05, 0.1) is 37.3 Å². The van der Waals surface area contributed by atoms with Gasteiger partial charge >= 0.3 is 0 Å². The maximum Gasteiger partial charge on any atom is 0.0916 e. The first-order valence-corrected chi connectivity index (χ1v) is 10.7. The van der Waals surface area contributed by atoms with Gasteiger partial charge in [-0.3, -0.25) is 0 Å². The Bertz CT molecular complexity index is 319. The number of nitrogens with zero attached hydrogens (tertiary/aromatic N) is 1. The lowest BCUT2D eigenvalue weighted by molar-refractivity contribution is -0.888. The summed E-state index contributed by atoms with van der Waals surface area (Å²) in [6, 6.07) is 0. The zero-order valence-corrected chi connectivity index (χ0v) is 16.4. The van der Waals surface area contributed by atoms with Crippen LogP contribution in [0.2, 0.25) is 0 Å². The van der Waals surface area contributed by atoms with E-state index in [0.717, 1.165) is 0 Å². The van der Waals surface area contributed by atoms with E-state index in [4.69, 9.17) is 13.0 Å². The van der Waals surface area contributed by atoms with Crippen molar-refractivity contribution in [2.24, 2.45) is 0 Å². The summed E-state index contributed by atoms with van der Waals surface area (Å²) in [5, 5.41) is 0. The minimum atomic E-state index is -3.92. The Morgan fingerprint density at radius 1 is 0.773 bits per heavy atom. The Morgan fingerprint density at radius 3 is 1.41 bits per heavy atom. The van der Waals surface area contributed by atoms with Gasteiger partial charge in [0.2, 0.25) is 0 Å². The molecular formula is C17H39NO3S. The summed E-state index contributed by atoms with van der Waals surface area (Å²) in [6.45, 7) is 7.19. The molecule has 0 aliphatic carbocycles. The molecule has 0 aliphatic heterocycles. The molecule has 0 saturated carbocycles. The molecule has 0 saturated heterocycles. The molecule has 0 unspecified atom stereocenters. The van der Waals surface area contributed by atoms with Gasteiger partial charge in [-0.25, -0.2) is 8.42 Å². The molecule has 0 radical (unpaired) electrons. The Balaban J connectivity index is 0. The average molecular weight is 338 g/mol. The summed E-state index contributed by atoms with van der Waals surface area (Å²) in [6.07, 6.45) is 15.0. The lowest BCUT2D eigenvalue weighted by Gasteiger charge is -2.28. The second-order valence-corrected chi connectivity index (χ2v) is 8.27. The van der Waals surface area contributed by atoms with E-state index in [2.05, 4.69) is 27.9 Å². The fourth-order valence-corrected chi connectivity index (χ4v) is 2.19. The van der Waals surface area contributed by atoms with E-state index in [1.165, 1.54) is 81.8 Å². The van der Waals surface area contributed by atoms with E-state index in [1.54, 1.807) is 0 Å². The van der Waals surface area contributed by atoms with Gasteiger partial charge in [0.1, 0.15) is 0 Å². The number of unbranched alkanes of at least 4 members (excludes halogenated alkanes) is 9. The largest absolute Gasteiger partial charge is 0.748 e. The molecule has 0 fully saturated rings. The van der Waals surface area contributed by atoms with E-state index >= 15 is 0 Å². The van der Waals surface area contributed by atoms with Gasteiger partial charge in [0.25, 0.3) is 0 Å². The summed E-state index contributed by atoms with van der Waals surface area (Å²) in [4.78, 5) is 0. The SMILES string of the molecule is CCCCCCCCCCCC[N+](C)(C)CC.CS(=O)(=O)[O-]. The highest BCUT2D eigenvalue weighted by atomic mass is 32.2. The number of hydrogen-bond donors (Lipinski definition) is 0. The molecule has 0 heterocycles. The highest BCUT2D eigenvalue weighted by Gasteiger charge is 2.09.